The minimum absolute atomic E-state index is 0.0537. The SMILES string of the molecule is CC(=O)N(c1nc(CN(C)C(c2ccccc2)c2ccccc2)cs1)c1ccccc1F. The first-order chi connectivity index (χ1) is 15.5. The number of carbonyl (C=O) groups excluding carboxylic acids is 1. The summed E-state index contributed by atoms with van der Waals surface area (Å²) >= 11 is 1.34. The number of halogens is 1. The number of benzene rings is 3. The largest absolute Gasteiger partial charge is 0.290 e. The standard InChI is InChI=1S/C26H24FN3OS/c1-19(31)30(24-16-10-9-15-23(24)27)26-28-22(18-32-26)17-29(2)25(20-11-5-3-6-12-20)21-13-7-4-8-14-21/h3-16,18,25H,17H2,1-2H3. The molecule has 162 valence electrons. The van der Waals surface area contributed by atoms with Crippen molar-refractivity contribution in [2.75, 3.05) is 11.9 Å². The zero-order chi connectivity index (χ0) is 22.5. The zero-order valence-electron chi connectivity index (χ0n) is 18.0. The molecule has 32 heavy (non-hydrogen) atoms. The fourth-order valence-corrected chi connectivity index (χ4v) is 4.70. The van der Waals surface area contributed by atoms with E-state index in [0.717, 1.165) is 5.69 Å². The van der Waals surface area contributed by atoms with Gasteiger partial charge in [0.05, 0.1) is 17.4 Å². The molecule has 4 aromatic rings. The third kappa shape index (κ3) is 4.77. The number of hydrogen-bond donors (Lipinski definition) is 0. The Morgan fingerprint density at radius 3 is 2.06 bits per heavy atom. The van der Waals surface area contributed by atoms with E-state index in [0.29, 0.717) is 11.7 Å². The molecule has 0 atom stereocenters. The van der Waals surface area contributed by atoms with Crippen molar-refractivity contribution in [1.82, 2.24) is 9.88 Å². The van der Waals surface area contributed by atoms with Gasteiger partial charge in [-0.3, -0.25) is 14.6 Å². The summed E-state index contributed by atoms with van der Waals surface area (Å²) in [5, 5.41) is 2.39. The van der Waals surface area contributed by atoms with Gasteiger partial charge in [0.2, 0.25) is 5.91 Å². The molecule has 4 rings (SSSR count). The first-order valence-corrected chi connectivity index (χ1v) is 11.2. The maximum atomic E-state index is 14.4. The molecule has 6 heteroatoms. The second-order valence-electron chi connectivity index (χ2n) is 7.57. The predicted molar refractivity (Wildman–Crippen MR) is 128 cm³/mol. The molecule has 1 heterocycles. The van der Waals surface area contributed by atoms with Crippen molar-refractivity contribution >= 4 is 28.1 Å². The van der Waals surface area contributed by atoms with Gasteiger partial charge in [0.1, 0.15) is 5.82 Å². The topological polar surface area (TPSA) is 36.4 Å². The summed E-state index contributed by atoms with van der Waals surface area (Å²) in [5.74, 6) is -0.736. The first-order valence-electron chi connectivity index (χ1n) is 10.3. The van der Waals surface area contributed by atoms with Crippen LogP contribution in [-0.4, -0.2) is 22.8 Å². The molecule has 0 aliphatic rings. The quantitative estimate of drug-likeness (QED) is 0.340. The van der Waals surface area contributed by atoms with Crippen LogP contribution in [0.15, 0.2) is 90.3 Å². The normalized spacial score (nSPS) is 11.2. The minimum Gasteiger partial charge on any atom is -0.290 e. The summed E-state index contributed by atoms with van der Waals surface area (Å²) in [6.07, 6.45) is 0. The monoisotopic (exact) mass is 445 g/mol. The van der Waals surface area contributed by atoms with Gasteiger partial charge in [-0.15, -0.1) is 11.3 Å². The lowest BCUT2D eigenvalue weighted by Gasteiger charge is -2.28. The molecule has 3 aromatic carbocycles. The number of aromatic nitrogens is 1. The van der Waals surface area contributed by atoms with E-state index in [1.807, 2.05) is 41.8 Å². The van der Waals surface area contributed by atoms with Gasteiger partial charge >= 0.3 is 0 Å². The number of carbonyl (C=O) groups is 1. The zero-order valence-corrected chi connectivity index (χ0v) is 18.8. The van der Waals surface area contributed by atoms with Crippen molar-refractivity contribution in [2.24, 2.45) is 0 Å². The van der Waals surface area contributed by atoms with Crippen LogP contribution in [0, 0.1) is 5.82 Å². The second-order valence-corrected chi connectivity index (χ2v) is 8.40. The van der Waals surface area contributed by atoms with Gasteiger partial charge in [0.15, 0.2) is 5.13 Å². The molecule has 0 aliphatic carbocycles. The lowest BCUT2D eigenvalue weighted by molar-refractivity contribution is -0.115. The average Bonchev–Trinajstić information content (AvgIpc) is 3.24. The smallest absolute Gasteiger partial charge is 0.230 e. The molecule has 4 nitrogen and oxygen atoms in total. The Hall–Kier alpha value is -3.35. The van der Waals surface area contributed by atoms with Gasteiger partial charge in [-0.2, -0.15) is 0 Å². The van der Waals surface area contributed by atoms with Gasteiger partial charge in [-0.05, 0) is 30.3 Å². The number of hydrogen-bond acceptors (Lipinski definition) is 4. The van der Waals surface area contributed by atoms with E-state index in [9.17, 15) is 9.18 Å². The third-order valence-electron chi connectivity index (χ3n) is 5.22. The van der Waals surface area contributed by atoms with E-state index in [1.165, 1.54) is 40.4 Å². The van der Waals surface area contributed by atoms with Crippen LogP contribution in [0.5, 0.6) is 0 Å². The molecule has 0 bridgehead atoms. The molecular weight excluding hydrogens is 421 g/mol. The fourth-order valence-electron chi connectivity index (χ4n) is 3.83. The molecule has 0 radical (unpaired) electrons. The third-order valence-corrected chi connectivity index (χ3v) is 6.10. The maximum absolute atomic E-state index is 14.4. The van der Waals surface area contributed by atoms with Crippen LogP contribution in [-0.2, 0) is 11.3 Å². The van der Waals surface area contributed by atoms with Crippen LogP contribution in [0.3, 0.4) is 0 Å². The van der Waals surface area contributed by atoms with Crippen LogP contribution >= 0.6 is 11.3 Å². The molecule has 0 fully saturated rings. The molecule has 0 saturated heterocycles. The van der Waals surface area contributed by atoms with Crippen molar-refractivity contribution in [3.8, 4) is 0 Å². The van der Waals surface area contributed by atoms with Crippen LogP contribution in [0.4, 0.5) is 15.2 Å². The molecule has 0 aliphatic heterocycles. The lowest BCUT2D eigenvalue weighted by atomic mass is 9.97. The van der Waals surface area contributed by atoms with Crippen LogP contribution < -0.4 is 4.90 Å². The van der Waals surface area contributed by atoms with Crippen molar-refractivity contribution in [3.05, 3.63) is 113 Å². The number of thiazole rings is 1. The minimum atomic E-state index is -0.454. The van der Waals surface area contributed by atoms with Crippen molar-refractivity contribution in [3.63, 3.8) is 0 Å². The molecule has 0 saturated carbocycles. The van der Waals surface area contributed by atoms with Gasteiger partial charge in [0, 0.05) is 18.8 Å². The summed E-state index contributed by atoms with van der Waals surface area (Å²) in [6.45, 7) is 1.99. The highest BCUT2D eigenvalue weighted by atomic mass is 32.1. The van der Waals surface area contributed by atoms with E-state index in [2.05, 4.69) is 41.2 Å². The Morgan fingerprint density at radius 1 is 0.938 bits per heavy atom. The van der Waals surface area contributed by atoms with Crippen molar-refractivity contribution < 1.29 is 9.18 Å². The average molecular weight is 446 g/mol. The van der Waals surface area contributed by atoms with Crippen LogP contribution in [0.25, 0.3) is 0 Å². The molecular formula is C26H24FN3OS. The number of anilines is 2. The molecule has 0 N–H and O–H groups in total. The Bertz CT molecular complexity index is 1140. The predicted octanol–water partition coefficient (Wildman–Crippen LogP) is 6.19. The number of para-hydroxylation sites is 1. The molecule has 1 aromatic heterocycles. The highest BCUT2D eigenvalue weighted by Crippen LogP contribution is 2.33. The van der Waals surface area contributed by atoms with E-state index < -0.39 is 5.82 Å². The number of nitrogens with zero attached hydrogens (tertiary/aromatic N) is 3. The Labute approximate surface area is 191 Å². The lowest BCUT2D eigenvalue weighted by Crippen LogP contribution is -2.26. The number of rotatable bonds is 7. The highest BCUT2D eigenvalue weighted by Gasteiger charge is 2.23. The van der Waals surface area contributed by atoms with Crippen LogP contribution in [0.1, 0.15) is 29.8 Å². The summed E-state index contributed by atoms with van der Waals surface area (Å²) in [6, 6.07) is 27.0. The van der Waals surface area contributed by atoms with Crippen LogP contribution in [0.2, 0.25) is 0 Å². The van der Waals surface area contributed by atoms with Gasteiger partial charge < -0.3 is 0 Å². The van der Waals surface area contributed by atoms with Gasteiger partial charge in [-0.25, -0.2) is 9.37 Å². The maximum Gasteiger partial charge on any atom is 0.230 e. The van der Waals surface area contributed by atoms with E-state index in [4.69, 9.17) is 0 Å². The van der Waals surface area contributed by atoms with E-state index in [-0.39, 0.29) is 17.6 Å². The Balaban J connectivity index is 1.61. The van der Waals surface area contributed by atoms with E-state index >= 15 is 0 Å². The Kier molecular flexibility index (Phi) is 6.73. The first kappa shape index (κ1) is 21.9. The van der Waals surface area contributed by atoms with Crippen molar-refractivity contribution in [1.29, 1.82) is 0 Å². The highest BCUT2D eigenvalue weighted by molar-refractivity contribution is 7.14. The van der Waals surface area contributed by atoms with E-state index in [1.54, 1.807) is 18.2 Å². The van der Waals surface area contributed by atoms with Crippen molar-refractivity contribution in [2.45, 2.75) is 19.5 Å². The van der Waals surface area contributed by atoms with Gasteiger partial charge in [-0.1, -0.05) is 72.8 Å². The summed E-state index contributed by atoms with van der Waals surface area (Å²) in [7, 11) is 2.06. The number of amides is 1. The summed E-state index contributed by atoms with van der Waals surface area (Å²) in [4.78, 5) is 20.6. The fraction of sp³-hybridized carbons (Fsp3) is 0.154. The Morgan fingerprint density at radius 2 is 1.50 bits per heavy atom. The second kappa shape index (κ2) is 9.85. The summed E-state index contributed by atoms with van der Waals surface area (Å²) < 4.78 is 14.4. The van der Waals surface area contributed by atoms with Gasteiger partial charge in [0.25, 0.3) is 0 Å². The summed E-state index contributed by atoms with van der Waals surface area (Å²) in [5.41, 5.74) is 3.41. The molecule has 0 spiro atoms. The molecule has 1 amide bonds. The molecule has 0 unspecified atom stereocenters.